The summed E-state index contributed by atoms with van der Waals surface area (Å²) < 4.78 is 2.29. The van der Waals surface area contributed by atoms with Gasteiger partial charge in [-0.3, -0.25) is 4.79 Å². The Hall–Kier alpha value is -2.55. The number of carbonyl (C=O) groups is 1. The summed E-state index contributed by atoms with van der Waals surface area (Å²) in [4.78, 5) is 14.8. The summed E-state index contributed by atoms with van der Waals surface area (Å²) in [7, 11) is 2.14. The van der Waals surface area contributed by atoms with Crippen LogP contribution in [0.25, 0.3) is 22.2 Å². The Kier molecular flexibility index (Phi) is 4.31. The zero-order valence-electron chi connectivity index (χ0n) is 15.8. The summed E-state index contributed by atoms with van der Waals surface area (Å²) in [6.07, 6.45) is 2.52. The number of fused-ring (bicyclic) bond motifs is 1. The molecule has 2 atom stereocenters. The molecule has 1 aromatic heterocycles. The average Bonchev–Trinajstić information content (AvgIpc) is 3.19. The third kappa shape index (κ3) is 2.54. The van der Waals surface area contributed by atoms with Crippen molar-refractivity contribution in [2.45, 2.75) is 45.2 Å². The first-order valence-electron chi connectivity index (χ1n) is 9.57. The van der Waals surface area contributed by atoms with Gasteiger partial charge in [0.05, 0.1) is 11.7 Å². The van der Waals surface area contributed by atoms with Gasteiger partial charge >= 0.3 is 0 Å². The minimum Gasteiger partial charge on any atom is -0.343 e. The van der Waals surface area contributed by atoms with E-state index in [-0.39, 0.29) is 18.0 Å². The first kappa shape index (κ1) is 16.9. The van der Waals surface area contributed by atoms with Crippen molar-refractivity contribution in [1.29, 1.82) is 0 Å². The van der Waals surface area contributed by atoms with Gasteiger partial charge in [-0.2, -0.15) is 0 Å². The van der Waals surface area contributed by atoms with Crippen molar-refractivity contribution in [3.05, 3.63) is 60.2 Å². The monoisotopic (exact) mass is 346 g/mol. The van der Waals surface area contributed by atoms with Gasteiger partial charge in [0.2, 0.25) is 5.91 Å². The molecule has 1 aliphatic heterocycles. The molecule has 0 N–H and O–H groups in total. The van der Waals surface area contributed by atoms with Crippen molar-refractivity contribution in [3.63, 3.8) is 0 Å². The number of amides is 1. The van der Waals surface area contributed by atoms with Gasteiger partial charge in [0.25, 0.3) is 0 Å². The van der Waals surface area contributed by atoms with Crippen LogP contribution < -0.4 is 0 Å². The van der Waals surface area contributed by atoms with E-state index in [2.05, 4.69) is 85.0 Å². The molecule has 1 amide bonds. The van der Waals surface area contributed by atoms with Crippen LogP contribution in [0, 0.1) is 0 Å². The zero-order chi connectivity index (χ0) is 18.3. The number of hydrogen-bond donors (Lipinski definition) is 0. The lowest BCUT2D eigenvalue weighted by atomic mass is 9.96. The highest BCUT2D eigenvalue weighted by molar-refractivity contribution is 5.93. The maximum atomic E-state index is 12.7. The van der Waals surface area contributed by atoms with E-state index in [1.54, 1.807) is 0 Å². The minimum atomic E-state index is 0.152. The fraction of sp³-hybridized carbons (Fsp3) is 0.348. The fourth-order valence-electron chi connectivity index (χ4n) is 4.44. The zero-order valence-corrected chi connectivity index (χ0v) is 15.8. The summed E-state index contributed by atoms with van der Waals surface area (Å²) in [6.45, 7) is 4.33. The molecular formula is C23H26N2O. The second-order valence-electron chi connectivity index (χ2n) is 7.32. The lowest BCUT2D eigenvalue weighted by Crippen LogP contribution is -2.35. The van der Waals surface area contributed by atoms with Gasteiger partial charge in [-0.1, -0.05) is 55.5 Å². The number of likely N-dealkylation sites (tertiary alicyclic amines) is 1. The first-order valence-corrected chi connectivity index (χ1v) is 9.57. The SMILES string of the molecule is CC[C@@H](C)N1C(=O)CC[C@H]1c1c(-c2ccccc2)n(C)c2ccccc12. The van der Waals surface area contributed by atoms with Crippen LogP contribution in [0.1, 0.15) is 44.7 Å². The molecule has 4 rings (SSSR count). The number of aromatic nitrogens is 1. The van der Waals surface area contributed by atoms with Crippen LogP contribution in [0.4, 0.5) is 0 Å². The molecule has 0 bridgehead atoms. The quantitative estimate of drug-likeness (QED) is 0.629. The molecule has 3 heteroatoms. The second-order valence-corrected chi connectivity index (χ2v) is 7.32. The second kappa shape index (κ2) is 6.64. The molecule has 0 radical (unpaired) electrons. The molecule has 0 saturated carbocycles. The third-order valence-corrected chi connectivity index (χ3v) is 5.85. The summed E-state index contributed by atoms with van der Waals surface area (Å²) in [6, 6.07) is 19.5. The van der Waals surface area contributed by atoms with Crippen LogP contribution in [0.15, 0.2) is 54.6 Å². The van der Waals surface area contributed by atoms with Gasteiger partial charge in [0, 0.05) is 36.0 Å². The van der Waals surface area contributed by atoms with E-state index < -0.39 is 0 Å². The highest BCUT2D eigenvalue weighted by atomic mass is 16.2. The Morgan fingerprint density at radius 2 is 1.77 bits per heavy atom. The molecular weight excluding hydrogens is 320 g/mol. The van der Waals surface area contributed by atoms with Crippen molar-refractivity contribution in [3.8, 4) is 11.3 Å². The summed E-state index contributed by atoms with van der Waals surface area (Å²) in [5, 5.41) is 1.27. The van der Waals surface area contributed by atoms with Crippen LogP contribution in [0.5, 0.6) is 0 Å². The van der Waals surface area contributed by atoms with Crippen molar-refractivity contribution in [2.75, 3.05) is 0 Å². The topological polar surface area (TPSA) is 25.2 Å². The van der Waals surface area contributed by atoms with Gasteiger partial charge in [0.1, 0.15) is 0 Å². The van der Waals surface area contributed by atoms with Crippen LogP contribution in [0.2, 0.25) is 0 Å². The van der Waals surface area contributed by atoms with Gasteiger partial charge in [0.15, 0.2) is 0 Å². The largest absolute Gasteiger partial charge is 0.343 e. The summed E-state index contributed by atoms with van der Waals surface area (Å²) >= 11 is 0. The molecule has 2 heterocycles. The number of aryl methyl sites for hydroxylation is 1. The van der Waals surface area contributed by atoms with E-state index in [0.717, 1.165) is 12.8 Å². The van der Waals surface area contributed by atoms with E-state index >= 15 is 0 Å². The smallest absolute Gasteiger partial charge is 0.223 e. The van der Waals surface area contributed by atoms with Crippen molar-refractivity contribution in [2.24, 2.45) is 7.05 Å². The highest BCUT2D eigenvalue weighted by Crippen LogP contribution is 2.44. The van der Waals surface area contributed by atoms with Gasteiger partial charge in [-0.25, -0.2) is 0 Å². The molecule has 0 spiro atoms. The Bertz CT molecular complexity index is 942. The number of rotatable bonds is 4. The predicted octanol–water partition coefficient (Wildman–Crippen LogP) is 5.31. The minimum absolute atomic E-state index is 0.152. The Morgan fingerprint density at radius 3 is 2.50 bits per heavy atom. The molecule has 3 nitrogen and oxygen atoms in total. The molecule has 2 aromatic carbocycles. The number of nitrogens with zero attached hydrogens (tertiary/aromatic N) is 2. The predicted molar refractivity (Wildman–Crippen MR) is 107 cm³/mol. The number of benzene rings is 2. The molecule has 3 aromatic rings. The molecule has 1 fully saturated rings. The molecule has 0 aliphatic carbocycles. The van der Waals surface area contributed by atoms with E-state index in [1.165, 1.54) is 27.7 Å². The molecule has 1 aliphatic rings. The Balaban J connectivity index is 1.98. The van der Waals surface area contributed by atoms with Crippen LogP contribution in [-0.4, -0.2) is 21.4 Å². The fourth-order valence-corrected chi connectivity index (χ4v) is 4.44. The normalized spacial score (nSPS) is 18.7. The maximum Gasteiger partial charge on any atom is 0.223 e. The molecule has 0 unspecified atom stereocenters. The van der Waals surface area contributed by atoms with Gasteiger partial charge in [-0.05, 0) is 31.4 Å². The summed E-state index contributed by atoms with van der Waals surface area (Å²) in [5.74, 6) is 0.288. The lowest BCUT2D eigenvalue weighted by Gasteiger charge is -2.31. The van der Waals surface area contributed by atoms with E-state index in [0.29, 0.717) is 6.42 Å². The average molecular weight is 346 g/mol. The van der Waals surface area contributed by atoms with Crippen molar-refractivity contribution < 1.29 is 4.79 Å². The molecule has 1 saturated heterocycles. The maximum absolute atomic E-state index is 12.7. The van der Waals surface area contributed by atoms with E-state index in [9.17, 15) is 4.79 Å². The van der Waals surface area contributed by atoms with Crippen LogP contribution in [-0.2, 0) is 11.8 Å². The Labute approximate surface area is 155 Å². The summed E-state index contributed by atoms with van der Waals surface area (Å²) in [5.41, 5.74) is 4.98. The van der Waals surface area contributed by atoms with Crippen molar-refractivity contribution in [1.82, 2.24) is 9.47 Å². The van der Waals surface area contributed by atoms with Gasteiger partial charge < -0.3 is 9.47 Å². The van der Waals surface area contributed by atoms with E-state index in [1.807, 2.05) is 0 Å². The highest BCUT2D eigenvalue weighted by Gasteiger charge is 2.38. The molecule has 26 heavy (non-hydrogen) atoms. The number of hydrogen-bond acceptors (Lipinski definition) is 1. The third-order valence-electron chi connectivity index (χ3n) is 5.85. The van der Waals surface area contributed by atoms with E-state index in [4.69, 9.17) is 0 Å². The van der Waals surface area contributed by atoms with Crippen LogP contribution in [0.3, 0.4) is 0 Å². The lowest BCUT2D eigenvalue weighted by molar-refractivity contribution is -0.131. The standard InChI is InChI=1S/C23H26N2O/c1-4-16(2)25-20(14-15-21(25)26)22-18-12-8-9-13-19(18)24(3)23(22)17-10-6-5-7-11-17/h5-13,16,20H,4,14-15H2,1-3H3/t16-,20+/m1/s1. The molecule has 134 valence electrons. The van der Waals surface area contributed by atoms with Crippen LogP contribution >= 0.6 is 0 Å². The first-order chi connectivity index (χ1) is 12.6. The van der Waals surface area contributed by atoms with Crippen molar-refractivity contribution >= 4 is 16.8 Å². The number of para-hydroxylation sites is 1. The van der Waals surface area contributed by atoms with Gasteiger partial charge in [-0.15, -0.1) is 0 Å². The Morgan fingerprint density at radius 1 is 1.08 bits per heavy atom. The number of carbonyl (C=O) groups excluding carboxylic acids is 1.